The lowest BCUT2D eigenvalue weighted by Crippen LogP contribution is -2.44. The van der Waals surface area contributed by atoms with Crippen molar-refractivity contribution in [3.05, 3.63) is 35.4 Å². The first kappa shape index (κ1) is 23.5. The number of aliphatic hydroxyl groups excluding tert-OH is 1. The summed E-state index contributed by atoms with van der Waals surface area (Å²) < 4.78 is 5.41. The average molecular weight is 432 g/mol. The highest BCUT2D eigenvalue weighted by Crippen LogP contribution is 2.20. The number of aliphatic hydroxyl groups is 1. The van der Waals surface area contributed by atoms with E-state index >= 15 is 0 Å². The molecule has 2 heterocycles. The molecule has 7 heteroatoms. The summed E-state index contributed by atoms with van der Waals surface area (Å²) in [7, 11) is 0. The average Bonchev–Trinajstić information content (AvgIpc) is 2.73. The van der Waals surface area contributed by atoms with Crippen molar-refractivity contribution in [3.8, 4) is 0 Å². The predicted octanol–water partition coefficient (Wildman–Crippen LogP) is 2.91. The minimum Gasteiger partial charge on any atom is -0.444 e. The number of carbonyl (C=O) groups excluding carboxylic acids is 2. The van der Waals surface area contributed by atoms with Crippen molar-refractivity contribution in [1.82, 2.24) is 15.1 Å². The van der Waals surface area contributed by atoms with E-state index in [2.05, 4.69) is 34.5 Å². The molecule has 1 aromatic carbocycles. The molecule has 2 N–H and O–H groups in total. The molecule has 2 fully saturated rings. The Morgan fingerprint density at radius 1 is 1.00 bits per heavy atom. The van der Waals surface area contributed by atoms with Gasteiger partial charge in [-0.05, 0) is 57.6 Å². The van der Waals surface area contributed by atoms with Gasteiger partial charge in [-0.1, -0.05) is 24.3 Å². The zero-order valence-corrected chi connectivity index (χ0v) is 19.1. The van der Waals surface area contributed by atoms with Crippen molar-refractivity contribution in [1.29, 1.82) is 0 Å². The van der Waals surface area contributed by atoms with Gasteiger partial charge in [0.25, 0.3) is 0 Å². The number of rotatable bonds is 5. The highest BCUT2D eigenvalue weighted by atomic mass is 16.6. The summed E-state index contributed by atoms with van der Waals surface area (Å²) in [5.74, 6) is -0.00722. The van der Waals surface area contributed by atoms with Crippen LogP contribution < -0.4 is 5.32 Å². The molecule has 1 aromatic rings. The largest absolute Gasteiger partial charge is 0.444 e. The Kier molecular flexibility index (Phi) is 7.94. The number of piperidine rings is 2. The number of likely N-dealkylation sites (tertiary alicyclic amines) is 2. The Labute approximate surface area is 185 Å². The van der Waals surface area contributed by atoms with Crippen molar-refractivity contribution in [2.24, 2.45) is 5.92 Å². The molecule has 3 rings (SSSR count). The monoisotopic (exact) mass is 431 g/mol. The van der Waals surface area contributed by atoms with Crippen molar-refractivity contribution in [2.45, 2.75) is 71.2 Å². The number of ether oxygens (including phenoxy) is 1. The smallest absolute Gasteiger partial charge is 0.410 e. The van der Waals surface area contributed by atoms with Gasteiger partial charge in [0.2, 0.25) is 5.91 Å². The van der Waals surface area contributed by atoms with Crippen molar-refractivity contribution in [3.63, 3.8) is 0 Å². The molecule has 2 saturated heterocycles. The highest BCUT2D eigenvalue weighted by Gasteiger charge is 2.29. The number of hydrogen-bond donors (Lipinski definition) is 2. The third-order valence-corrected chi connectivity index (χ3v) is 5.97. The van der Waals surface area contributed by atoms with E-state index in [1.807, 2.05) is 20.8 Å². The molecule has 0 radical (unpaired) electrons. The molecule has 0 aliphatic carbocycles. The number of hydrogen-bond acceptors (Lipinski definition) is 5. The van der Waals surface area contributed by atoms with Crippen LogP contribution in [0.3, 0.4) is 0 Å². The van der Waals surface area contributed by atoms with E-state index in [9.17, 15) is 14.7 Å². The number of amides is 2. The van der Waals surface area contributed by atoms with E-state index in [4.69, 9.17) is 4.74 Å². The number of benzene rings is 1. The standard InChI is InChI=1S/C24H37N3O4/c1-24(2,3)31-23(30)27-14-8-20(9-15-27)22(29)25-16-18-4-6-19(7-5-18)17-26-12-10-21(28)11-13-26/h4-7,20-21,28H,8-17H2,1-3H3,(H,25,29). The van der Waals surface area contributed by atoms with Crippen LogP contribution in [0.25, 0.3) is 0 Å². The third kappa shape index (κ3) is 7.51. The van der Waals surface area contributed by atoms with Crippen LogP contribution in [0.2, 0.25) is 0 Å². The van der Waals surface area contributed by atoms with Gasteiger partial charge in [-0.3, -0.25) is 9.69 Å². The quantitative estimate of drug-likeness (QED) is 0.749. The molecule has 2 aliphatic heterocycles. The molecule has 2 aliphatic rings. The van der Waals surface area contributed by atoms with E-state index in [-0.39, 0.29) is 24.0 Å². The van der Waals surface area contributed by atoms with Crippen molar-refractivity contribution < 1.29 is 19.4 Å². The molecular formula is C24H37N3O4. The van der Waals surface area contributed by atoms with E-state index in [1.165, 1.54) is 5.56 Å². The third-order valence-electron chi connectivity index (χ3n) is 5.97. The van der Waals surface area contributed by atoms with Crippen LogP contribution in [0.5, 0.6) is 0 Å². The zero-order valence-electron chi connectivity index (χ0n) is 19.1. The van der Waals surface area contributed by atoms with E-state index in [0.717, 1.165) is 38.0 Å². The maximum Gasteiger partial charge on any atom is 0.410 e. The number of nitrogens with one attached hydrogen (secondary N) is 1. The Balaban J connectivity index is 1.38. The van der Waals surface area contributed by atoms with Crippen LogP contribution in [0.15, 0.2) is 24.3 Å². The fraction of sp³-hybridized carbons (Fsp3) is 0.667. The van der Waals surface area contributed by atoms with Crippen LogP contribution in [0.4, 0.5) is 4.79 Å². The van der Waals surface area contributed by atoms with E-state index in [1.54, 1.807) is 4.90 Å². The number of carbonyl (C=O) groups is 2. The molecule has 172 valence electrons. The molecule has 0 spiro atoms. The summed E-state index contributed by atoms with van der Waals surface area (Å²) in [4.78, 5) is 28.8. The second-order valence-electron chi connectivity index (χ2n) is 9.78. The first-order valence-corrected chi connectivity index (χ1v) is 11.4. The van der Waals surface area contributed by atoms with E-state index < -0.39 is 5.60 Å². The van der Waals surface area contributed by atoms with Crippen molar-refractivity contribution in [2.75, 3.05) is 26.2 Å². The maximum absolute atomic E-state index is 12.6. The Bertz CT molecular complexity index is 728. The van der Waals surface area contributed by atoms with E-state index in [0.29, 0.717) is 32.5 Å². The highest BCUT2D eigenvalue weighted by molar-refractivity contribution is 5.79. The van der Waals surface area contributed by atoms with Crippen molar-refractivity contribution >= 4 is 12.0 Å². The van der Waals surface area contributed by atoms with Gasteiger partial charge in [0.05, 0.1) is 6.10 Å². The van der Waals surface area contributed by atoms with Gasteiger partial charge in [0.1, 0.15) is 5.60 Å². The summed E-state index contributed by atoms with van der Waals surface area (Å²) in [6, 6.07) is 8.37. The van der Waals surface area contributed by atoms with Gasteiger partial charge in [0, 0.05) is 45.2 Å². The lowest BCUT2D eigenvalue weighted by Gasteiger charge is -2.32. The lowest BCUT2D eigenvalue weighted by molar-refractivity contribution is -0.126. The molecule has 31 heavy (non-hydrogen) atoms. The van der Waals surface area contributed by atoms with Gasteiger partial charge in [-0.2, -0.15) is 0 Å². The summed E-state index contributed by atoms with van der Waals surface area (Å²) in [6.07, 6.45) is 2.57. The summed E-state index contributed by atoms with van der Waals surface area (Å²) >= 11 is 0. The fourth-order valence-electron chi connectivity index (χ4n) is 4.08. The summed E-state index contributed by atoms with van der Waals surface area (Å²) in [5.41, 5.74) is 1.83. The molecule has 0 saturated carbocycles. The minimum atomic E-state index is -0.503. The first-order valence-electron chi connectivity index (χ1n) is 11.4. The van der Waals surface area contributed by atoms with Gasteiger partial charge >= 0.3 is 6.09 Å². The second kappa shape index (κ2) is 10.5. The van der Waals surface area contributed by atoms with Gasteiger partial charge < -0.3 is 20.1 Å². The lowest BCUT2D eigenvalue weighted by atomic mass is 9.96. The molecule has 0 aromatic heterocycles. The van der Waals surface area contributed by atoms with Crippen LogP contribution in [0, 0.1) is 5.92 Å². The maximum atomic E-state index is 12.6. The van der Waals surface area contributed by atoms with Gasteiger partial charge in [-0.15, -0.1) is 0 Å². The normalized spacial score (nSPS) is 19.3. The van der Waals surface area contributed by atoms with Gasteiger partial charge in [-0.25, -0.2) is 4.79 Å². The Morgan fingerprint density at radius 2 is 1.58 bits per heavy atom. The molecule has 2 amide bonds. The zero-order chi connectivity index (χ0) is 22.4. The van der Waals surface area contributed by atoms with Crippen LogP contribution in [-0.2, 0) is 22.6 Å². The molecule has 7 nitrogen and oxygen atoms in total. The fourth-order valence-corrected chi connectivity index (χ4v) is 4.08. The Morgan fingerprint density at radius 3 is 2.16 bits per heavy atom. The summed E-state index contributed by atoms with van der Waals surface area (Å²) in [6.45, 7) is 9.96. The van der Waals surface area contributed by atoms with Crippen LogP contribution >= 0.6 is 0 Å². The van der Waals surface area contributed by atoms with Crippen LogP contribution in [-0.4, -0.2) is 64.8 Å². The van der Waals surface area contributed by atoms with Crippen LogP contribution in [0.1, 0.15) is 57.6 Å². The Hall–Kier alpha value is -2.12. The molecule has 0 atom stereocenters. The number of nitrogens with zero attached hydrogens (tertiary/aromatic N) is 2. The molecule has 0 unspecified atom stereocenters. The molecule has 0 bridgehead atoms. The first-order chi connectivity index (χ1) is 14.7. The second-order valence-corrected chi connectivity index (χ2v) is 9.78. The SMILES string of the molecule is CC(C)(C)OC(=O)N1CCC(C(=O)NCc2ccc(CN3CCC(O)CC3)cc2)CC1. The molecular weight excluding hydrogens is 394 g/mol. The predicted molar refractivity (Wildman–Crippen MR) is 119 cm³/mol. The minimum absolute atomic E-state index is 0.0554. The van der Waals surface area contributed by atoms with Gasteiger partial charge in [0.15, 0.2) is 0 Å². The summed E-state index contributed by atoms with van der Waals surface area (Å²) in [5, 5.41) is 12.7. The topological polar surface area (TPSA) is 82.1 Å².